The molecule has 2 N–H and O–H groups in total. The van der Waals surface area contributed by atoms with Crippen LogP contribution in [-0.4, -0.2) is 27.1 Å². The molecule has 0 radical (unpaired) electrons. The molecule has 6 nitrogen and oxygen atoms in total. The van der Waals surface area contributed by atoms with Gasteiger partial charge < -0.3 is 10.6 Å². The lowest BCUT2D eigenvalue weighted by atomic mass is 10.2. The smallest absolute Gasteiger partial charge is 0.272 e. The molecule has 0 fully saturated rings. The highest BCUT2D eigenvalue weighted by Crippen LogP contribution is 2.05. The van der Waals surface area contributed by atoms with Crippen LogP contribution in [0.3, 0.4) is 0 Å². The Morgan fingerprint density at radius 2 is 2.10 bits per heavy atom. The molecule has 0 saturated carbocycles. The van der Waals surface area contributed by atoms with Crippen molar-refractivity contribution >= 4 is 11.7 Å². The number of carbonyl (C=O) groups excluding carboxylic acids is 1. The normalized spacial score (nSPS) is 11.7. The third-order valence-electron chi connectivity index (χ3n) is 3.06. The summed E-state index contributed by atoms with van der Waals surface area (Å²) in [4.78, 5) is 16.1. The third-order valence-corrected chi connectivity index (χ3v) is 3.06. The maximum Gasteiger partial charge on any atom is 0.272 e. The van der Waals surface area contributed by atoms with Crippen LogP contribution in [0.2, 0.25) is 0 Å². The Bertz CT molecular complexity index is 570. The van der Waals surface area contributed by atoms with E-state index in [1.165, 1.54) is 0 Å². The van der Waals surface area contributed by atoms with E-state index in [-0.39, 0.29) is 5.91 Å². The van der Waals surface area contributed by atoms with Crippen LogP contribution in [-0.2, 0) is 6.54 Å². The predicted octanol–water partition coefficient (Wildman–Crippen LogP) is 2.01. The van der Waals surface area contributed by atoms with Crippen molar-refractivity contribution in [1.29, 1.82) is 0 Å². The van der Waals surface area contributed by atoms with E-state index in [0.29, 0.717) is 24.1 Å². The van der Waals surface area contributed by atoms with Gasteiger partial charge in [0.2, 0.25) is 0 Å². The fraction of sp³-hybridized carbons (Fsp3) is 0.333. The molecule has 2 aromatic heterocycles. The van der Waals surface area contributed by atoms with E-state index in [2.05, 4.69) is 39.7 Å². The van der Waals surface area contributed by atoms with Gasteiger partial charge in [-0.3, -0.25) is 9.78 Å². The van der Waals surface area contributed by atoms with Gasteiger partial charge in [-0.1, -0.05) is 13.0 Å². The van der Waals surface area contributed by atoms with E-state index >= 15 is 0 Å². The molecule has 0 bridgehead atoms. The molecule has 21 heavy (non-hydrogen) atoms. The van der Waals surface area contributed by atoms with Crippen LogP contribution in [0.5, 0.6) is 0 Å². The van der Waals surface area contributed by atoms with Gasteiger partial charge in [-0.15, -0.1) is 10.2 Å². The number of hydrogen-bond donors (Lipinski definition) is 2. The van der Waals surface area contributed by atoms with E-state index in [4.69, 9.17) is 0 Å². The molecule has 0 aliphatic rings. The summed E-state index contributed by atoms with van der Waals surface area (Å²) in [5, 5.41) is 13.9. The molecule has 0 aliphatic heterocycles. The van der Waals surface area contributed by atoms with Crippen molar-refractivity contribution in [3.63, 3.8) is 0 Å². The average Bonchev–Trinajstić information content (AvgIpc) is 2.54. The van der Waals surface area contributed by atoms with Crippen molar-refractivity contribution in [3.05, 3.63) is 47.9 Å². The quantitative estimate of drug-likeness (QED) is 0.848. The second-order valence-electron chi connectivity index (χ2n) is 4.76. The highest BCUT2D eigenvalue weighted by Gasteiger charge is 2.08. The summed E-state index contributed by atoms with van der Waals surface area (Å²) >= 11 is 0. The number of rotatable bonds is 6. The zero-order valence-corrected chi connectivity index (χ0v) is 12.2. The Morgan fingerprint density at radius 1 is 1.24 bits per heavy atom. The largest absolute Gasteiger partial charge is 0.366 e. The molecular weight excluding hydrogens is 266 g/mol. The summed E-state index contributed by atoms with van der Waals surface area (Å²) in [6.07, 6.45) is 2.69. The molecule has 1 atom stereocenters. The van der Waals surface area contributed by atoms with Crippen LogP contribution in [0.4, 0.5) is 5.82 Å². The Labute approximate surface area is 124 Å². The highest BCUT2D eigenvalue weighted by atomic mass is 16.1. The number of nitrogens with zero attached hydrogens (tertiary/aromatic N) is 3. The first-order valence-electron chi connectivity index (χ1n) is 6.97. The Kier molecular flexibility index (Phi) is 5.20. The maximum absolute atomic E-state index is 11.9. The molecule has 0 spiro atoms. The van der Waals surface area contributed by atoms with Gasteiger partial charge in [0.25, 0.3) is 5.91 Å². The molecule has 2 aromatic rings. The second-order valence-corrected chi connectivity index (χ2v) is 4.76. The average molecular weight is 285 g/mol. The van der Waals surface area contributed by atoms with Crippen molar-refractivity contribution in [3.8, 4) is 0 Å². The van der Waals surface area contributed by atoms with Gasteiger partial charge in [0.05, 0.1) is 12.2 Å². The van der Waals surface area contributed by atoms with E-state index in [1.54, 1.807) is 18.3 Å². The molecule has 1 unspecified atom stereocenters. The van der Waals surface area contributed by atoms with Crippen molar-refractivity contribution in [2.45, 2.75) is 32.9 Å². The van der Waals surface area contributed by atoms with Crippen molar-refractivity contribution < 1.29 is 4.79 Å². The van der Waals surface area contributed by atoms with Crippen LogP contribution in [0.1, 0.15) is 36.5 Å². The number of carbonyl (C=O) groups is 1. The fourth-order valence-corrected chi connectivity index (χ4v) is 1.65. The van der Waals surface area contributed by atoms with E-state index in [1.807, 2.05) is 18.2 Å². The van der Waals surface area contributed by atoms with Gasteiger partial charge >= 0.3 is 0 Å². The van der Waals surface area contributed by atoms with Gasteiger partial charge in [0, 0.05) is 12.2 Å². The first-order valence-corrected chi connectivity index (χ1v) is 6.97. The summed E-state index contributed by atoms with van der Waals surface area (Å²) in [6.45, 7) is 4.52. The number of pyridine rings is 1. The number of aromatic nitrogens is 3. The van der Waals surface area contributed by atoms with Gasteiger partial charge in [0.15, 0.2) is 5.69 Å². The molecule has 2 heterocycles. The van der Waals surface area contributed by atoms with E-state index in [9.17, 15) is 4.79 Å². The number of amides is 1. The van der Waals surface area contributed by atoms with Crippen LogP contribution in [0.15, 0.2) is 36.5 Å². The molecule has 1 amide bonds. The molecular formula is C15H19N5O. The number of hydrogen-bond acceptors (Lipinski definition) is 5. The summed E-state index contributed by atoms with van der Waals surface area (Å²) in [7, 11) is 0. The summed E-state index contributed by atoms with van der Waals surface area (Å²) in [6, 6.07) is 9.30. The molecule has 2 rings (SSSR count). The second kappa shape index (κ2) is 7.33. The van der Waals surface area contributed by atoms with Crippen LogP contribution in [0.25, 0.3) is 0 Å². The monoisotopic (exact) mass is 285 g/mol. The highest BCUT2D eigenvalue weighted by molar-refractivity contribution is 5.92. The predicted molar refractivity (Wildman–Crippen MR) is 80.8 cm³/mol. The van der Waals surface area contributed by atoms with Crippen LogP contribution < -0.4 is 10.6 Å². The molecule has 0 aromatic carbocycles. The Hall–Kier alpha value is -2.50. The fourth-order valence-electron chi connectivity index (χ4n) is 1.65. The topological polar surface area (TPSA) is 79.8 Å². The zero-order valence-electron chi connectivity index (χ0n) is 12.2. The molecule has 0 aliphatic carbocycles. The zero-order chi connectivity index (χ0) is 15.1. The Morgan fingerprint density at radius 3 is 2.71 bits per heavy atom. The molecule has 6 heteroatoms. The lowest BCUT2D eigenvalue weighted by Crippen LogP contribution is -2.25. The minimum atomic E-state index is -0.261. The summed E-state index contributed by atoms with van der Waals surface area (Å²) < 4.78 is 0. The van der Waals surface area contributed by atoms with Gasteiger partial charge in [-0.2, -0.15) is 0 Å². The maximum atomic E-state index is 11.9. The van der Waals surface area contributed by atoms with Crippen molar-refractivity contribution in [2.75, 3.05) is 5.32 Å². The van der Waals surface area contributed by atoms with Gasteiger partial charge in [0.1, 0.15) is 5.82 Å². The Balaban J connectivity index is 1.90. The van der Waals surface area contributed by atoms with Crippen molar-refractivity contribution in [2.24, 2.45) is 0 Å². The van der Waals surface area contributed by atoms with E-state index in [0.717, 1.165) is 12.1 Å². The van der Waals surface area contributed by atoms with E-state index < -0.39 is 0 Å². The first kappa shape index (κ1) is 14.9. The van der Waals surface area contributed by atoms with Crippen molar-refractivity contribution in [1.82, 2.24) is 20.5 Å². The van der Waals surface area contributed by atoms with Gasteiger partial charge in [-0.05, 0) is 37.6 Å². The minimum absolute atomic E-state index is 0.261. The SMILES string of the molecule is CCC(C)Nc1ccc(C(=O)NCc2ccccn2)nn1. The third kappa shape index (κ3) is 4.52. The van der Waals surface area contributed by atoms with Crippen LogP contribution in [0, 0.1) is 0 Å². The molecule has 110 valence electrons. The molecule has 0 saturated heterocycles. The first-order chi connectivity index (χ1) is 10.2. The lowest BCUT2D eigenvalue weighted by molar-refractivity contribution is 0.0944. The standard InChI is InChI=1S/C15H19N5O/c1-3-11(2)18-14-8-7-13(19-20-14)15(21)17-10-12-6-4-5-9-16-12/h4-9,11H,3,10H2,1-2H3,(H,17,21)(H,18,20). The summed E-state index contributed by atoms with van der Waals surface area (Å²) in [5.74, 6) is 0.411. The lowest BCUT2D eigenvalue weighted by Gasteiger charge is -2.11. The van der Waals surface area contributed by atoms with Gasteiger partial charge in [-0.25, -0.2) is 0 Å². The minimum Gasteiger partial charge on any atom is -0.366 e. The summed E-state index contributed by atoms with van der Waals surface area (Å²) in [5.41, 5.74) is 1.09. The number of anilines is 1. The van der Waals surface area contributed by atoms with Crippen LogP contribution >= 0.6 is 0 Å². The number of nitrogens with one attached hydrogen (secondary N) is 2.